The van der Waals surface area contributed by atoms with E-state index >= 15 is 0 Å². The second kappa shape index (κ2) is 9.80. The monoisotopic (exact) mass is 344 g/mol. The standard InChI is InChI=1S/C16H28N2O4S/c1-12(2)6-8-23-11-15(20)17(3)10-14(19)18-7-4-5-13(9-18)16(21)22/h12-13H,4-11H2,1-3H3,(H,21,22). The van der Waals surface area contributed by atoms with E-state index in [4.69, 9.17) is 5.11 Å². The second-order valence-electron chi connectivity index (χ2n) is 6.50. The largest absolute Gasteiger partial charge is 0.481 e. The van der Waals surface area contributed by atoms with E-state index in [0.29, 0.717) is 31.1 Å². The minimum Gasteiger partial charge on any atom is -0.481 e. The molecule has 1 rings (SSSR count). The van der Waals surface area contributed by atoms with Gasteiger partial charge in [-0.3, -0.25) is 14.4 Å². The Morgan fingerprint density at radius 3 is 2.65 bits per heavy atom. The predicted molar refractivity (Wildman–Crippen MR) is 91.4 cm³/mol. The number of nitrogens with zero attached hydrogens (tertiary/aromatic N) is 2. The van der Waals surface area contributed by atoms with Gasteiger partial charge in [-0.25, -0.2) is 0 Å². The number of likely N-dealkylation sites (N-methyl/N-ethyl adjacent to an activating group) is 1. The lowest BCUT2D eigenvalue weighted by atomic mass is 9.98. The Kier molecular flexibility index (Phi) is 8.44. The number of rotatable bonds is 8. The third-order valence-electron chi connectivity index (χ3n) is 3.99. The fourth-order valence-electron chi connectivity index (χ4n) is 2.39. The van der Waals surface area contributed by atoms with Crippen molar-refractivity contribution < 1.29 is 19.5 Å². The number of aliphatic carboxylic acids is 1. The lowest BCUT2D eigenvalue weighted by molar-refractivity contribution is -0.147. The van der Waals surface area contributed by atoms with Crippen molar-refractivity contribution in [3.05, 3.63) is 0 Å². The maximum Gasteiger partial charge on any atom is 0.308 e. The molecule has 1 fully saturated rings. The zero-order valence-electron chi connectivity index (χ0n) is 14.3. The van der Waals surface area contributed by atoms with Gasteiger partial charge in [0.2, 0.25) is 11.8 Å². The molecule has 1 saturated heterocycles. The smallest absolute Gasteiger partial charge is 0.308 e. The summed E-state index contributed by atoms with van der Waals surface area (Å²) in [6.07, 6.45) is 2.39. The molecule has 23 heavy (non-hydrogen) atoms. The highest BCUT2D eigenvalue weighted by Gasteiger charge is 2.28. The molecular weight excluding hydrogens is 316 g/mol. The molecule has 0 aliphatic carbocycles. The maximum absolute atomic E-state index is 12.2. The average Bonchev–Trinajstić information content (AvgIpc) is 2.51. The van der Waals surface area contributed by atoms with Gasteiger partial charge in [-0.15, -0.1) is 0 Å². The van der Waals surface area contributed by atoms with Crippen LogP contribution in [0, 0.1) is 11.8 Å². The molecular formula is C16H28N2O4S. The molecule has 7 heteroatoms. The van der Waals surface area contributed by atoms with E-state index in [0.717, 1.165) is 12.2 Å². The number of carbonyl (C=O) groups is 3. The second-order valence-corrected chi connectivity index (χ2v) is 7.61. The lowest BCUT2D eigenvalue weighted by Crippen LogP contribution is -2.47. The van der Waals surface area contributed by atoms with Gasteiger partial charge in [-0.1, -0.05) is 13.8 Å². The molecule has 1 atom stereocenters. The Morgan fingerprint density at radius 1 is 1.35 bits per heavy atom. The normalized spacial score (nSPS) is 18.1. The fraction of sp³-hybridized carbons (Fsp3) is 0.812. The van der Waals surface area contributed by atoms with Crippen molar-refractivity contribution in [2.24, 2.45) is 11.8 Å². The number of piperidine rings is 1. The van der Waals surface area contributed by atoms with Gasteiger partial charge in [0.15, 0.2) is 0 Å². The van der Waals surface area contributed by atoms with E-state index in [-0.39, 0.29) is 24.9 Å². The Labute approximate surface area is 142 Å². The van der Waals surface area contributed by atoms with Crippen molar-refractivity contribution in [1.29, 1.82) is 0 Å². The molecule has 0 aromatic heterocycles. The highest BCUT2D eigenvalue weighted by Crippen LogP contribution is 2.17. The summed E-state index contributed by atoms with van der Waals surface area (Å²) in [6.45, 7) is 5.15. The molecule has 1 unspecified atom stereocenters. The maximum atomic E-state index is 12.2. The van der Waals surface area contributed by atoms with Crippen LogP contribution in [-0.4, -0.2) is 70.9 Å². The molecule has 0 aromatic carbocycles. The molecule has 0 spiro atoms. The van der Waals surface area contributed by atoms with Crippen LogP contribution < -0.4 is 0 Å². The number of carbonyl (C=O) groups excluding carboxylic acids is 2. The number of thioether (sulfide) groups is 1. The van der Waals surface area contributed by atoms with Gasteiger partial charge in [0.1, 0.15) is 0 Å². The molecule has 1 aliphatic heterocycles. The van der Waals surface area contributed by atoms with Crippen LogP contribution in [0.1, 0.15) is 33.1 Å². The highest BCUT2D eigenvalue weighted by atomic mass is 32.2. The molecule has 6 nitrogen and oxygen atoms in total. The highest BCUT2D eigenvalue weighted by molar-refractivity contribution is 7.99. The summed E-state index contributed by atoms with van der Waals surface area (Å²) in [5.74, 6) is 0.385. The van der Waals surface area contributed by atoms with Gasteiger partial charge in [0, 0.05) is 20.1 Å². The number of hydrogen-bond donors (Lipinski definition) is 1. The first kappa shape index (κ1) is 19.8. The van der Waals surface area contributed by atoms with Crippen molar-refractivity contribution >= 4 is 29.5 Å². The summed E-state index contributed by atoms with van der Waals surface area (Å²) in [5.41, 5.74) is 0. The van der Waals surface area contributed by atoms with Crippen molar-refractivity contribution in [2.45, 2.75) is 33.1 Å². The van der Waals surface area contributed by atoms with E-state index in [1.165, 1.54) is 4.90 Å². The first-order chi connectivity index (χ1) is 10.8. The topological polar surface area (TPSA) is 77.9 Å². The molecule has 0 aromatic rings. The summed E-state index contributed by atoms with van der Waals surface area (Å²) in [6, 6.07) is 0. The van der Waals surface area contributed by atoms with Crippen LogP contribution in [0.4, 0.5) is 0 Å². The SMILES string of the molecule is CC(C)CCSCC(=O)N(C)CC(=O)N1CCCC(C(=O)O)C1. The summed E-state index contributed by atoms with van der Waals surface area (Å²) in [7, 11) is 1.63. The minimum absolute atomic E-state index is 0.0237. The summed E-state index contributed by atoms with van der Waals surface area (Å²) < 4.78 is 0. The number of likely N-dealkylation sites (tertiary alicyclic amines) is 1. The van der Waals surface area contributed by atoms with E-state index in [9.17, 15) is 14.4 Å². The van der Waals surface area contributed by atoms with Crippen LogP contribution in [0.5, 0.6) is 0 Å². The summed E-state index contributed by atoms with van der Waals surface area (Å²) >= 11 is 1.59. The van der Waals surface area contributed by atoms with Gasteiger partial charge in [-0.05, 0) is 30.9 Å². The van der Waals surface area contributed by atoms with E-state index in [2.05, 4.69) is 13.8 Å². The van der Waals surface area contributed by atoms with Crippen molar-refractivity contribution in [3.63, 3.8) is 0 Å². The molecule has 0 saturated carbocycles. The van der Waals surface area contributed by atoms with Crippen molar-refractivity contribution in [2.75, 3.05) is 38.2 Å². The predicted octanol–water partition coefficient (Wildman–Crippen LogP) is 1.55. The fourth-order valence-corrected chi connectivity index (χ4v) is 3.56. The molecule has 1 aliphatic rings. The molecule has 2 amide bonds. The minimum atomic E-state index is -0.853. The molecule has 1 N–H and O–H groups in total. The first-order valence-electron chi connectivity index (χ1n) is 8.13. The summed E-state index contributed by atoms with van der Waals surface area (Å²) in [5, 5.41) is 9.06. The molecule has 1 heterocycles. The zero-order chi connectivity index (χ0) is 17.4. The number of amides is 2. The van der Waals surface area contributed by atoms with Crippen LogP contribution in [0.2, 0.25) is 0 Å². The van der Waals surface area contributed by atoms with Crippen LogP contribution in [0.25, 0.3) is 0 Å². The number of hydrogen-bond acceptors (Lipinski definition) is 4. The quantitative estimate of drug-likeness (QED) is 0.676. The Hall–Kier alpha value is -1.24. The third kappa shape index (κ3) is 7.24. The Balaban J connectivity index is 2.34. The van der Waals surface area contributed by atoms with Crippen LogP contribution in [0.15, 0.2) is 0 Å². The third-order valence-corrected chi connectivity index (χ3v) is 4.96. The number of carboxylic acid groups (broad SMARTS) is 1. The van der Waals surface area contributed by atoms with E-state index in [1.807, 2.05) is 0 Å². The first-order valence-corrected chi connectivity index (χ1v) is 9.29. The Morgan fingerprint density at radius 2 is 2.04 bits per heavy atom. The van der Waals surface area contributed by atoms with Gasteiger partial charge in [-0.2, -0.15) is 11.8 Å². The zero-order valence-corrected chi connectivity index (χ0v) is 15.1. The van der Waals surface area contributed by atoms with Crippen LogP contribution in [0.3, 0.4) is 0 Å². The van der Waals surface area contributed by atoms with Crippen LogP contribution in [-0.2, 0) is 14.4 Å². The van der Waals surface area contributed by atoms with Gasteiger partial charge < -0.3 is 14.9 Å². The van der Waals surface area contributed by atoms with Gasteiger partial charge in [0.05, 0.1) is 18.2 Å². The van der Waals surface area contributed by atoms with Crippen LogP contribution >= 0.6 is 11.8 Å². The van der Waals surface area contributed by atoms with Gasteiger partial charge in [0.25, 0.3) is 0 Å². The molecule has 0 radical (unpaired) electrons. The summed E-state index contributed by atoms with van der Waals surface area (Å²) in [4.78, 5) is 38.3. The molecule has 132 valence electrons. The Bertz CT molecular complexity index is 428. The van der Waals surface area contributed by atoms with Crippen molar-refractivity contribution in [3.8, 4) is 0 Å². The average molecular weight is 344 g/mol. The van der Waals surface area contributed by atoms with Gasteiger partial charge >= 0.3 is 5.97 Å². The number of carboxylic acids is 1. The van der Waals surface area contributed by atoms with E-state index in [1.54, 1.807) is 23.7 Å². The molecule has 0 bridgehead atoms. The van der Waals surface area contributed by atoms with E-state index < -0.39 is 11.9 Å². The van der Waals surface area contributed by atoms with Crippen molar-refractivity contribution in [1.82, 2.24) is 9.80 Å². The lowest BCUT2D eigenvalue weighted by Gasteiger charge is -2.32.